The van der Waals surface area contributed by atoms with Crippen LogP contribution in [0, 0.1) is 5.92 Å². The van der Waals surface area contributed by atoms with E-state index in [1.54, 1.807) is 6.20 Å². The highest BCUT2D eigenvalue weighted by Crippen LogP contribution is 2.12. The summed E-state index contributed by atoms with van der Waals surface area (Å²) in [4.78, 5) is 4.26. The van der Waals surface area contributed by atoms with Crippen LogP contribution in [-0.4, -0.2) is 18.1 Å². The van der Waals surface area contributed by atoms with Crippen LogP contribution in [0.3, 0.4) is 0 Å². The SMILES string of the molecule is CCC(CCN)CNc1ccc(Br)cn1. The van der Waals surface area contributed by atoms with E-state index in [9.17, 15) is 0 Å². The summed E-state index contributed by atoms with van der Waals surface area (Å²) in [5.74, 6) is 1.56. The van der Waals surface area contributed by atoms with Crippen molar-refractivity contribution in [2.24, 2.45) is 11.7 Å². The van der Waals surface area contributed by atoms with Gasteiger partial charge in [0, 0.05) is 17.2 Å². The minimum atomic E-state index is 0.639. The Morgan fingerprint density at radius 2 is 2.33 bits per heavy atom. The van der Waals surface area contributed by atoms with Crippen molar-refractivity contribution < 1.29 is 0 Å². The number of anilines is 1. The van der Waals surface area contributed by atoms with Gasteiger partial charge in [0.15, 0.2) is 0 Å². The minimum Gasteiger partial charge on any atom is -0.370 e. The molecular weight excluding hydrogens is 254 g/mol. The first-order chi connectivity index (χ1) is 7.26. The van der Waals surface area contributed by atoms with Gasteiger partial charge in [-0.2, -0.15) is 0 Å². The van der Waals surface area contributed by atoms with Gasteiger partial charge in [0.05, 0.1) is 0 Å². The molecule has 15 heavy (non-hydrogen) atoms. The molecule has 1 heterocycles. The lowest BCUT2D eigenvalue weighted by Crippen LogP contribution is -2.17. The van der Waals surface area contributed by atoms with Crippen molar-refractivity contribution in [2.75, 3.05) is 18.4 Å². The zero-order valence-corrected chi connectivity index (χ0v) is 10.6. The van der Waals surface area contributed by atoms with Gasteiger partial charge in [-0.25, -0.2) is 4.98 Å². The first-order valence-electron chi connectivity index (χ1n) is 5.31. The molecule has 0 amide bonds. The lowest BCUT2D eigenvalue weighted by Gasteiger charge is -2.14. The Hall–Kier alpha value is -0.610. The fourth-order valence-electron chi connectivity index (χ4n) is 1.42. The van der Waals surface area contributed by atoms with Gasteiger partial charge in [0.1, 0.15) is 5.82 Å². The van der Waals surface area contributed by atoms with Crippen molar-refractivity contribution >= 4 is 21.7 Å². The zero-order valence-electron chi connectivity index (χ0n) is 9.04. The third-order valence-electron chi connectivity index (χ3n) is 2.45. The predicted octanol–water partition coefficient (Wildman–Crippen LogP) is 2.63. The standard InChI is InChI=1S/C11H18BrN3/c1-2-9(5-6-13)7-14-11-4-3-10(12)8-15-11/h3-4,8-9H,2,5-7,13H2,1H3,(H,14,15). The highest BCUT2D eigenvalue weighted by atomic mass is 79.9. The summed E-state index contributed by atoms with van der Waals surface area (Å²) >= 11 is 3.36. The largest absolute Gasteiger partial charge is 0.370 e. The van der Waals surface area contributed by atoms with E-state index in [0.29, 0.717) is 5.92 Å². The van der Waals surface area contributed by atoms with Gasteiger partial charge in [0.25, 0.3) is 0 Å². The molecule has 1 rings (SSSR count). The highest BCUT2D eigenvalue weighted by Gasteiger charge is 2.04. The van der Waals surface area contributed by atoms with Crippen LogP contribution in [0.15, 0.2) is 22.8 Å². The van der Waals surface area contributed by atoms with E-state index in [1.165, 1.54) is 0 Å². The molecule has 1 atom stereocenters. The average Bonchev–Trinajstić information content (AvgIpc) is 2.26. The van der Waals surface area contributed by atoms with E-state index in [4.69, 9.17) is 5.73 Å². The molecule has 1 aromatic heterocycles. The Morgan fingerprint density at radius 3 is 2.87 bits per heavy atom. The molecule has 3 nitrogen and oxygen atoms in total. The second-order valence-corrected chi connectivity index (χ2v) is 4.51. The van der Waals surface area contributed by atoms with E-state index in [0.717, 1.165) is 36.2 Å². The molecule has 0 aliphatic carbocycles. The summed E-state index contributed by atoms with van der Waals surface area (Å²) in [5.41, 5.74) is 5.54. The minimum absolute atomic E-state index is 0.639. The van der Waals surface area contributed by atoms with Crippen LogP contribution in [0.25, 0.3) is 0 Å². The quantitative estimate of drug-likeness (QED) is 0.837. The molecule has 3 N–H and O–H groups in total. The maximum absolute atomic E-state index is 5.54. The van der Waals surface area contributed by atoms with Crippen molar-refractivity contribution in [1.29, 1.82) is 0 Å². The lowest BCUT2D eigenvalue weighted by atomic mass is 10.0. The van der Waals surface area contributed by atoms with Crippen LogP contribution in [0.5, 0.6) is 0 Å². The molecule has 0 bridgehead atoms. The smallest absolute Gasteiger partial charge is 0.125 e. The monoisotopic (exact) mass is 271 g/mol. The summed E-state index contributed by atoms with van der Waals surface area (Å²) < 4.78 is 1.00. The fourth-order valence-corrected chi connectivity index (χ4v) is 1.65. The van der Waals surface area contributed by atoms with Gasteiger partial charge in [-0.05, 0) is 46.9 Å². The summed E-state index contributed by atoms with van der Waals surface area (Å²) in [6, 6.07) is 3.96. The Morgan fingerprint density at radius 1 is 1.53 bits per heavy atom. The highest BCUT2D eigenvalue weighted by molar-refractivity contribution is 9.10. The van der Waals surface area contributed by atoms with Crippen molar-refractivity contribution in [3.8, 4) is 0 Å². The van der Waals surface area contributed by atoms with Crippen LogP contribution in [0.1, 0.15) is 19.8 Å². The number of nitrogens with zero attached hydrogens (tertiary/aromatic N) is 1. The lowest BCUT2D eigenvalue weighted by molar-refractivity contribution is 0.501. The van der Waals surface area contributed by atoms with Crippen LogP contribution in [-0.2, 0) is 0 Å². The van der Waals surface area contributed by atoms with Crippen molar-refractivity contribution in [1.82, 2.24) is 4.98 Å². The Kier molecular flexibility index (Phi) is 5.65. The van der Waals surface area contributed by atoms with Crippen molar-refractivity contribution in [2.45, 2.75) is 19.8 Å². The summed E-state index contributed by atoms with van der Waals surface area (Å²) in [7, 11) is 0. The summed E-state index contributed by atoms with van der Waals surface area (Å²) in [6.45, 7) is 3.90. The fraction of sp³-hybridized carbons (Fsp3) is 0.545. The molecular formula is C11H18BrN3. The van der Waals surface area contributed by atoms with Gasteiger partial charge >= 0.3 is 0 Å². The number of halogens is 1. The van der Waals surface area contributed by atoms with Gasteiger partial charge in [-0.15, -0.1) is 0 Å². The van der Waals surface area contributed by atoms with Gasteiger partial charge in [-0.1, -0.05) is 13.3 Å². The maximum Gasteiger partial charge on any atom is 0.125 e. The van der Waals surface area contributed by atoms with Crippen LogP contribution in [0.2, 0.25) is 0 Å². The normalized spacial score (nSPS) is 12.5. The molecule has 1 aromatic rings. The number of nitrogens with one attached hydrogen (secondary N) is 1. The van der Waals surface area contributed by atoms with Gasteiger partial charge < -0.3 is 11.1 Å². The number of aromatic nitrogens is 1. The van der Waals surface area contributed by atoms with Gasteiger partial charge in [0.2, 0.25) is 0 Å². The van der Waals surface area contributed by atoms with Crippen molar-refractivity contribution in [3.63, 3.8) is 0 Å². The first-order valence-corrected chi connectivity index (χ1v) is 6.11. The molecule has 0 aliphatic rings. The number of hydrogen-bond acceptors (Lipinski definition) is 3. The first kappa shape index (κ1) is 12.5. The Labute approximate surface area is 99.6 Å². The molecule has 0 radical (unpaired) electrons. The number of nitrogens with two attached hydrogens (primary N) is 1. The van der Waals surface area contributed by atoms with Crippen LogP contribution < -0.4 is 11.1 Å². The summed E-state index contributed by atoms with van der Waals surface area (Å²) in [5, 5.41) is 3.32. The molecule has 0 aliphatic heterocycles. The molecule has 0 fully saturated rings. The molecule has 4 heteroatoms. The molecule has 0 aromatic carbocycles. The molecule has 0 spiro atoms. The maximum atomic E-state index is 5.54. The van der Waals surface area contributed by atoms with E-state index < -0.39 is 0 Å². The summed E-state index contributed by atoms with van der Waals surface area (Å²) in [6.07, 6.45) is 4.02. The second kappa shape index (κ2) is 6.80. The third kappa shape index (κ3) is 4.62. The van der Waals surface area contributed by atoms with Crippen molar-refractivity contribution in [3.05, 3.63) is 22.8 Å². The van der Waals surface area contributed by atoms with E-state index in [2.05, 4.69) is 33.2 Å². The van der Waals surface area contributed by atoms with E-state index in [1.807, 2.05) is 12.1 Å². The Bertz CT molecular complexity index is 274. The molecule has 1 unspecified atom stereocenters. The molecule has 0 saturated heterocycles. The van der Waals surface area contributed by atoms with Gasteiger partial charge in [-0.3, -0.25) is 0 Å². The second-order valence-electron chi connectivity index (χ2n) is 3.59. The Balaban J connectivity index is 2.38. The number of rotatable bonds is 6. The van der Waals surface area contributed by atoms with E-state index >= 15 is 0 Å². The zero-order chi connectivity index (χ0) is 11.1. The van der Waals surface area contributed by atoms with Crippen LogP contribution in [0.4, 0.5) is 5.82 Å². The topological polar surface area (TPSA) is 50.9 Å². The molecule has 0 saturated carbocycles. The average molecular weight is 272 g/mol. The number of pyridine rings is 1. The van der Waals surface area contributed by atoms with Crippen LogP contribution >= 0.6 is 15.9 Å². The van der Waals surface area contributed by atoms with E-state index in [-0.39, 0.29) is 0 Å². The number of hydrogen-bond donors (Lipinski definition) is 2. The third-order valence-corrected chi connectivity index (χ3v) is 2.92. The molecule has 84 valence electrons. The predicted molar refractivity (Wildman–Crippen MR) is 67.9 cm³/mol.